The van der Waals surface area contributed by atoms with E-state index in [1.807, 2.05) is 24.3 Å². The Morgan fingerprint density at radius 3 is 2.45 bits per heavy atom. The molecule has 0 fully saturated rings. The van der Waals surface area contributed by atoms with Gasteiger partial charge in [0, 0.05) is 12.6 Å². The highest BCUT2D eigenvalue weighted by molar-refractivity contribution is 5.39. The molecule has 20 heavy (non-hydrogen) atoms. The number of rotatable bonds is 9. The predicted molar refractivity (Wildman–Crippen MR) is 81.4 cm³/mol. The van der Waals surface area contributed by atoms with Crippen molar-refractivity contribution in [2.45, 2.75) is 39.3 Å². The summed E-state index contributed by atoms with van der Waals surface area (Å²) in [5.74, 6) is 1.93. The number of para-hydroxylation sites is 2. The molecule has 0 aliphatic heterocycles. The second-order valence-electron chi connectivity index (χ2n) is 5.20. The van der Waals surface area contributed by atoms with Crippen LogP contribution in [0.15, 0.2) is 24.3 Å². The Kier molecular flexibility index (Phi) is 7.41. The van der Waals surface area contributed by atoms with E-state index in [1.165, 1.54) is 0 Å². The van der Waals surface area contributed by atoms with Gasteiger partial charge in [0.1, 0.15) is 12.7 Å². The zero-order chi connectivity index (χ0) is 15.0. The average Bonchev–Trinajstić information content (AvgIpc) is 2.49. The Morgan fingerprint density at radius 2 is 1.85 bits per heavy atom. The lowest BCUT2D eigenvalue weighted by atomic mass is 10.0. The lowest BCUT2D eigenvalue weighted by Crippen LogP contribution is -2.39. The van der Waals surface area contributed by atoms with E-state index in [0.717, 1.165) is 6.42 Å². The molecule has 0 spiro atoms. The number of methoxy groups -OCH3 is 1. The summed E-state index contributed by atoms with van der Waals surface area (Å²) in [6.07, 6.45) is 0.591. The van der Waals surface area contributed by atoms with Gasteiger partial charge in [-0.1, -0.05) is 32.4 Å². The number of benzene rings is 1. The summed E-state index contributed by atoms with van der Waals surface area (Å²) in [5, 5.41) is 13.3. The molecule has 0 aliphatic rings. The Labute approximate surface area is 122 Å². The molecule has 0 saturated carbocycles. The van der Waals surface area contributed by atoms with Crippen LogP contribution in [-0.2, 0) is 0 Å². The van der Waals surface area contributed by atoms with Gasteiger partial charge in [0.15, 0.2) is 11.5 Å². The van der Waals surface area contributed by atoms with Gasteiger partial charge in [-0.3, -0.25) is 0 Å². The maximum Gasteiger partial charge on any atom is 0.161 e. The molecule has 1 aromatic rings. The third kappa shape index (κ3) is 5.39. The predicted octanol–water partition coefficient (Wildman–Crippen LogP) is 2.46. The monoisotopic (exact) mass is 281 g/mol. The summed E-state index contributed by atoms with van der Waals surface area (Å²) < 4.78 is 10.8. The highest BCUT2D eigenvalue weighted by Gasteiger charge is 2.13. The molecule has 3 unspecified atom stereocenters. The molecule has 0 aromatic heterocycles. The van der Waals surface area contributed by atoms with Crippen LogP contribution in [0.4, 0.5) is 0 Å². The molecule has 0 saturated heterocycles. The van der Waals surface area contributed by atoms with Crippen LogP contribution in [0, 0.1) is 5.92 Å². The van der Waals surface area contributed by atoms with Crippen molar-refractivity contribution in [1.29, 1.82) is 0 Å². The third-order valence-corrected chi connectivity index (χ3v) is 3.67. The lowest BCUT2D eigenvalue weighted by molar-refractivity contribution is 0.100. The molecular weight excluding hydrogens is 254 g/mol. The molecule has 4 nitrogen and oxygen atoms in total. The summed E-state index contributed by atoms with van der Waals surface area (Å²) in [4.78, 5) is 0. The minimum absolute atomic E-state index is 0.251. The van der Waals surface area contributed by atoms with Crippen LogP contribution < -0.4 is 14.8 Å². The molecule has 3 atom stereocenters. The summed E-state index contributed by atoms with van der Waals surface area (Å²) in [6.45, 7) is 7.29. The van der Waals surface area contributed by atoms with Gasteiger partial charge in [-0.15, -0.1) is 0 Å². The Hall–Kier alpha value is -1.26. The van der Waals surface area contributed by atoms with Crippen LogP contribution in [0.25, 0.3) is 0 Å². The molecule has 114 valence electrons. The highest BCUT2D eigenvalue weighted by atomic mass is 16.5. The largest absolute Gasteiger partial charge is 0.493 e. The normalized spacial score (nSPS) is 15.4. The van der Waals surface area contributed by atoms with Crippen LogP contribution in [0.5, 0.6) is 11.5 Å². The molecular formula is C16H27NO3. The standard InChI is InChI=1S/C16H27NO3/c1-5-12(2)13(3)17-10-14(18)11-20-16-9-7-6-8-15(16)19-4/h6-9,12-14,17-18H,5,10-11H2,1-4H3. The van der Waals surface area contributed by atoms with Gasteiger partial charge in [0.2, 0.25) is 0 Å². The zero-order valence-electron chi connectivity index (χ0n) is 12.9. The quantitative estimate of drug-likeness (QED) is 0.730. The molecule has 4 heteroatoms. The van der Waals surface area contributed by atoms with Crippen molar-refractivity contribution in [3.05, 3.63) is 24.3 Å². The van der Waals surface area contributed by atoms with Gasteiger partial charge in [-0.25, -0.2) is 0 Å². The first kappa shape index (κ1) is 16.8. The van der Waals surface area contributed by atoms with Crippen LogP contribution >= 0.6 is 0 Å². The first-order chi connectivity index (χ1) is 9.58. The third-order valence-electron chi connectivity index (χ3n) is 3.67. The van der Waals surface area contributed by atoms with E-state index in [2.05, 4.69) is 26.1 Å². The molecule has 0 radical (unpaired) electrons. The highest BCUT2D eigenvalue weighted by Crippen LogP contribution is 2.25. The van der Waals surface area contributed by atoms with Gasteiger partial charge in [-0.05, 0) is 25.0 Å². The van der Waals surface area contributed by atoms with Gasteiger partial charge in [0.05, 0.1) is 7.11 Å². The second kappa shape index (κ2) is 8.82. The van der Waals surface area contributed by atoms with Crippen LogP contribution in [0.1, 0.15) is 27.2 Å². The van der Waals surface area contributed by atoms with Crippen molar-refractivity contribution < 1.29 is 14.6 Å². The molecule has 1 aromatic carbocycles. The summed E-state index contributed by atoms with van der Waals surface area (Å²) in [6, 6.07) is 7.83. The maximum atomic E-state index is 9.95. The number of nitrogens with one attached hydrogen (secondary N) is 1. The molecule has 0 aliphatic carbocycles. The first-order valence-electron chi connectivity index (χ1n) is 7.25. The summed E-state index contributed by atoms with van der Waals surface area (Å²) in [5.41, 5.74) is 0. The van der Waals surface area contributed by atoms with E-state index >= 15 is 0 Å². The Balaban J connectivity index is 2.34. The average molecular weight is 281 g/mol. The van der Waals surface area contributed by atoms with E-state index in [-0.39, 0.29) is 6.61 Å². The van der Waals surface area contributed by atoms with Crippen molar-refractivity contribution in [2.24, 2.45) is 5.92 Å². The lowest BCUT2D eigenvalue weighted by Gasteiger charge is -2.22. The van der Waals surface area contributed by atoms with Gasteiger partial charge in [0.25, 0.3) is 0 Å². The van der Waals surface area contributed by atoms with Gasteiger partial charge >= 0.3 is 0 Å². The number of hydrogen-bond donors (Lipinski definition) is 2. The van der Waals surface area contributed by atoms with Crippen molar-refractivity contribution in [2.75, 3.05) is 20.3 Å². The Bertz CT molecular complexity index is 384. The minimum atomic E-state index is -0.536. The van der Waals surface area contributed by atoms with Gasteiger partial charge in [-0.2, -0.15) is 0 Å². The van der Waals surface area contributed by atoms with E-state index in [0.29, 0.717) is 30.0 Å². The summed E-state index contributed by atoms with van der Waals surface area (Å²) in [7, 11) is 1.61. The molecule has 2 N–H and O–H groups in total. The molecule has 0 heterocycles. The topological polar surface area (TPSA) is 50.7 Å². The Morgan fingerprint density at radius 1 is 1.20 bits per heavy atom. The van der Waals surface area contributed by atoms with Crippen molar-refractivity contribution in [1.82, 2.24) is 5.32 Å². The summed E-state index contributed by atoms with van der Waals surface area (Å²) >= 11 is 0. The number of aliphatic hydroxyl groups excluding tert-OH is 1. The molecule has 1 rings (SSSR count). The maximum absolute atomic E-state index is 9.95. The fourth-order valence-electron chi connectivity index (χ4n) is 1.86. The van der Waals surface area contributed by atoms with E-state index in [1.54, 1.807) is 7.11 Å². The van der Waals surface area contributed by atoms with Crippen LogP contribution in [0.2, 0.25) is 0 Å². The smallest absolute Gasteiger partial charge is 0.161 e. The van der Waals surface area contributed by atoms with Gasteiger partial charge < -0.3 is 19.9 Å². The second-order valence-corrected chi connectivity index (χ2v) is 5.20. The van der Waals surface area contributed by atoms with E-state index in [4.69, 9.17) is 9.47 Å². The van der Waals surface area contributed by atoms with Crippen LogP contribution in [-0.4, -0.2) is 37.5 Å². The van der Waals surface area contributed by atoms with E-state index < -0.39 is 6.10 Å². The SMILES string of the molecule is CCC(C)C(C)NCC(O)COc1ccccc1OC. The van der Waals surface area contributed by atoms with Crippen molar-refractivity contribution >= 4 is 0 Å². The first-order valence-corrected chi connectivity index (χ1v) is 7.25. The molecule has 0 bridgehead atoms. The number of hydrogen-bond acceptors (Lipinski definition) is 4. The zero-order valence-corrected chi connectivity index (χ0v) is 12.9. The van der Waals surface area contributed by atoms with E-state index in [9.17, 15) is 5.11 Å². The van der Waals surface area contributed by atoms with Crippen LogP contribution in [0.3, 0.4) is 0 Å². The fourth-order valence-corrected chi connectivity index (χ4v) is 1.86. The molecule has 0 amide bonds. The fraction of sp³-hybridized carbons (Fsp3) is 0.625. The number of ether oxygens (including phenoxy) is 2. The minimum Gasteiger partial charge on any atom is -0.493 e. The number of aliphatic hydroxyl groups is 1. The van der Waals surface area contributed by atoms with Crippen molar-refractivity contribution in [3.8, 4) is 11.5 Å². The van der Waals surface area contributed by atoms with Crippen molar-refractivity contribution in [3.63, 3.8) is 0 Å².